The number of ether oxygens (including phenoxy) is 1. The van der Waals surface area contributed by atoms with Crippen molar-refractivity contribution in [3.8, 4) is 5.75 Å². The average molecular weight is 331 g/mol. The second-order valence-electron chi connectivity index (χ2n) is 5.70. The monoisotopic (exact) mass is 331 g/mol. The SMILES string of the molecule is COc1cccc(C(O)CN(C)C(=O)CCc2cccc(F)c2)c1. The van der Waals surface area contributed by atoms with Crippen molar-refractivity contribution in [2.24, 2.45) is 0 Å². The molecule has 0 aromatic heterocycles. The van der Waals surface area contributed by atoms with Crippen LogP contribution in [0.5, 0.6) is 5.75 Å². The third-order valence-corrected chi connectivity index (χ3v) is 3.87. The van der Waals surface area contributed by atoms with Gasteiger partial charge in [-0.1, -0.05) is 24.3 Å². The number of methoxy groups -OCH3 is 1. The van der Waals surface area contributed by atoms with Gasteiger partial charge in [0.25, 0.3) is 0 Å². The molecule has 0 spiro atoms. The highest BCUT2D eigenvalue weighted by Gasteiger charge is 2.15. The summed E-state index contributed by atoms with van der Waals surface area (Å²) >= 11 is 0. The van der Waals surface area contributed by atoms with Crippen molar-refractivity contribution in [3.05, 3.63) is 65.5 Å². The van der Waals surface area contributed by atoms with Crippen molar-refractivity contribution in [2.45, 2.75) is 18.9 Å². The topological polar surface area (TPSA) is 49.8 Å². The van der Waals surface area contributed by atoms with Gasteiger partial charge in [0.15, 0.2) is 0 Å². The number of aliphatic hydroxyl groups is 1. The summed E-state index contributed by atoms with van der Waals surface area (Å²) in [7, 11) is 3.21. The van der Waals surface area contributed by atoms with Gasteiger partial charge in [-0.05, 0) is 41.8 Å². The third kappa shape index (κ3) is 5.06. The Balaban J connectivity index is 1.88. The number of likely N-dealkylation sites (N-methyl/N-ethyl adjacent to an activating group) is 1. The zero-order valence-corrected chi connectivity index (χ0v) is 13.9. The van der Waals surface area contributed by atoms with E-state index < -0.39 is 6.10 Å². The summed E-state index contributed by atoms with van der Waals surface area (Å²) in [5, 5.41) is 10.3. The smallest absolute Gasteiger partial charge is 0.222 e. The lowest BCUT2D eigenvalue weighted by Crippen LogP contribution is -2.31. The molecule has 24 heavy (non-hydrogen) atoms. The van der Waals surface area contributed by atoms with Crippen LogP contribution in [0.4, 0.5) is 4.39 Å². The summed E-state index contributed by atoms with van der Waals surface area (Å²) in [6, 6.07) is 13.4. The first-order valence-corrected chi connectivity index (χ1v) is 7.80. The van der Waals surface area contributed by atoms with Crippen molar-refractivity contribution in [1.29, 1.82) is 0 Å². The van der Waals surface area contributed by atoms with E-state index >= 15 is 0 Å². The van der Waals surface area contributed by atoms with E-state index in [2.05, 4.69) is 0 Å². The van der Waals surface area contributed by atoms with Crippen LogP contribution in [0.3, 0.4) is 0 Å². The predicted octanol–water partition coefficient (Wildman–Crippen LogP) is 2.96. The molecule has 1 unspecified atom stereocenters. The quantitative estimate of drug-likeness (QED) is 0.849. The lowest BCUT2D eigenvalue weighted by Gasteiger charge is -2.21. The number of benzene rings is 2. The minimum atomic E-state index is -0.789. The number of hydrogen-bond acceptors (Lipinski definition) is 3. The molecule has 2 aromatic carbocycles. The standard InChI is InChI=1S/C19H22FNO3/c1-21(13-18(22)15-6-4-8-17(12-15)24-2)19(23)10-9-14-5-3-7-16(20)11-14/h3-8,11-12,18,22H,9-10,13H2,1-2H3. The number of carbonyl (C=O) groups is 1. The number of rotatable bonds is 7. The van der Waals surface area contributed by atoms with Crippen molar-refractivity contribution < 1.29 is 19.0 Å². The van der Waals surface area contributed by atoms with E-state index in [0.717, 1.165) is 5.56 Å². The summed E-state index contributed by atoms with van der Waals surface area (Å²) in [5.41, 5.74) is 1.48. The summed E-state index contributed by atoms with van der Waals surface area (Å²) in [4.78, 5) is 13.7. The molecular weight excluding hydrogens is 309 g/mol. The van der Waals surface area contributed by atoms with Gasteiger partial charge in [-0.15, -0.1) is 0 Å². The molecule has 0 aliphatic heterocycles. The number of carbonyl (C=O) groups excluding carboxylic acids is 1. The molecular formula is C19H22FNO3. The second-order valence-corrected chi connectivity index (χ2v) is 5.70. The van der Waals surface area contributed by atoms with Gasteiger partial charge in [0, 0.05) is 13.5 Å². The molecule has 0 bridgehead atoms. The highest BCUT2D eigenvalue weighted by atomic mass is 19.1. The van der Waals surface area contributed by atoms with Crippen LogP contribution in [0.15, 0.2) is 48.5 Å². The first kappa shape index (κ1) is 17.9. The molecule has 0 saturated carbocycles. The van der Waals surface area contributed by atoms with Crippen LogP contribution in [0.25, 0.3) is 0 Å². The minimum Gasteiger partial charge on any atom is -0.497 e. The normalized spacial score (nSPS) is 11.8. The molecule has 2 aromatic rings. The van der Waals surface area contributed by atoms with E-state index in [-0.39, 0.29) is 24.7 Å². The summed E-state index contributed by atoms with van der Waals surface area (Å²) in [6.45, 7) is 0.190. The average Bonchev–Trinajstić information content (AvgIpc) is 2.59. The number of amides is 1. The van der Waals surface area contributed by atoms with E-state index in [4.69, 9.17) is 4.74 Å². The van der Waals surface area contributed by atoms with E-state index in [0.29, 0.717) is 17.7 Å². The van der Waals surface area contributed by atoms with Gasteiger partial charge >= 0.3 is 0 Å². The maximum Gasteiger partial charge on any atom is 0.222 e. The number of halogens is 1. The van der Waals surface area contributed by atoms with Crippen molar-refractivity contribution >= 4 is 5.91 Å². The molecule has 5 heteroatoms. The van der Waals surface area contributed by atoms with Gasteiger partial charge in [0.2, 0.25) is 5.91 Å². The zero-order chi connectivity index (χ0) is 17.5. The van der Waals surface area contributed by atoms with Gasteiger partial charge in [-0.25, -0.2) is 4.39 Å². The molecule has 128 valence electrons. The highest BCUT2D eigenvalue weighted by Crippen LogP contribution is 2.20. The Kier molecular flexibility index (Phi) is 6.32. The molecule has 1 N–H and O–H groups in total. The molecule has 0 saturated heterocycles. The van der Waals surface area contributed by atoms with Gasteiger partial charge in [0.1, 0.15) is 11.6 Å². The van der Waals surface area contributed by atoms with E-state index in [9.17, 15) is 14.3 Å². The Morgan fingerprint density at radius 2 is 2.00 bits per heavy atom. The molecule has 1 atom stereocenters. The van der Waals surface area contributed by atoms with Crippen molar-refractivity contribution in [2.75, 3.05) is 20.7 Å². The number of nitrogens with zero attached hydrogens (tertiary/aromatic N) is 1. The maximum absolute atomic E-state index is 13.1. The fourth-order valence-electron chi connectivity index (χ4n) is 2.45. The van der Waals surface area contributed by atoms with Gasteiger partial charge in [-0.2, -0.15) is 0 Å². The first-order chi connectivity index (χ1) is 11.5. The summed E-state index contributed by atoms with van der Waals surface area (Å²) in [5.74, 6) is 0.259. The Labute approximate surface area is 141 Å². The first-order valence-electron chi connectivity index (χ1n) is 7.80. The van der Waals surface area contributed by atoms with Gasteiger partial charge < -0.3 is 14.7 Å². The summed E-state index contributed by atoms with van der Waals surface area (Å²) < 4.78 is 18.3. The molecule has 0 aliphatic rings. The van der Waals surface area contributed by atoms with Crippen LogP contribution in [0, 0.1) is 5.82 Å². The van der Waals surface area contributed by atoms with E-state index in [1.54, 1.807) is 50.6 Å². The number of aryl methyl sites for hydroxylation is 1. The van der Waals surface area contributed by atoms with Crippen LogP contribution >= 0.6 is 0 Å². The van der Waals surface area contributed by atoms with E-state index in [1.807, 2.05) is 0 Å². The van der Waals surface area contributed by atoms with Crippen LogP contribution in [0.2, 0.25) is 0 Å². The molecule has 4 nitrogen and oxygen atoms in total. The third-order valence-electron chi connectivity index (χ3n) is 3.87. The lowest BCUT2D eigenvalue weighted by atomic mass is 10.1. The van der Waals surface area contributed by atoms with Crippen molar-refractivity contribution in [3.63, 3.8) is 0 Å². The Morgan fingerprint density at radius 3 is 2.71 bits per heavy atom. The second kappa shape index (κ2) is 8.45. The lowest BCUT2D eigenvalue weighted by molar-refractivity contribution is -0.131. The van der Waals surface area contributed by atoms with E-state index in [1.165, 1.54) is 17.0 Å². The Hall–Kier alpha value is -2.40. The fourth-order valence-corrected chi connectivity index (χ4v) is 2.45. The molecule has 2 rings (SSSR count). The number of hydrogen-bond donors (Lipinski definition) is 1. The van der Waals surface area contributed by atoms with Crippen LogP contribution in [-0.4, -0.2) is 36.6 Å². The molecule has 0 aliphatic carbocycles. The van der Waals surface area contributed by atoms with Gasteiger partial charge in [0.05, 0.1) is 19.8 Å². The number of aliphatic hydroxyl groups excluding tert-OH is 1. The highest BCUT2D eigenvalue weighted by molar-refractivity contribution is 5.76. The van der Waals surface area contributed by atoms with Gasteiger partial charge in [-0.3, -0.25) is 4.79 Å². The predicted molar refractivity (Wildman–Crippen MR) is 90.3 cm³/mol. The van der Waals surface area contributed by atoms with Crippen LogP contribution in [0.1, 0.15) is 23.7 Å². The Morgan fingerprint density at radius 1 is 1.25 bits per heavy atom. The van der Waals surface area contributed by atoms with Crippen molar-refractivity contribution in [1.82, 2.24) is 4.90 Å². The minimum absolute atomic E-state index is 0.0961. The molecule has 0 heterocycles. The zero-order valence-electron chi connectivity index (χ0n) is 13.9. The largest absolute Gasteiger partial charge is 0.497 e. The summed E-state index contributed by atoms with van der Waals surface area (Å²) in [6.07, 6.45) is -0.0516. The molecule has 0 fully saturated rings. The molecule has 0 radical (unpaired) electrons. The Bertz CT molecular complexity index is 690. The van der Waals surface area contributed by atoms with Crippen LogP contribution in [-0.2, 0) is 11.2 Å². The maximum atomic E-state index is 13.1. The fraction of sp³-hybridized carbons (Fsp3) is 0.316. The van der Waals surface area contributed by atoms with Crippen LogP contribution < -0.4 is 4.74 Å². The molecule has 1 amide bonds.